The van der Waals surface area contributed by atoms with E-state index in [9.17, 15) is 4.79 Å². The van der Waals surface area contributed by atoms with Crippen LogP contribution >= 0.6 is 11.8 Å². The van der Waals surface area contributed by atoms with Gasteiger partial charge in [0.15, 0.2) is 0 Å². The lowest BCUT2D eigenvalue weighted by molar-refractivity contribution is 0.0692. The van der Waals surface area contributed by atoms with E-state index < -0.39 is 5.97 Å². The van der Waals surface area contributed by atoms with E-state index in [1.165, 1.54) is 19.4 Å². The van der Waals surface area contributed by atoms with E-state index in [-0.39, 0.29) is 5.56 Å². The smallest absolute Gasteiger partial charge is 0.338 e. The van der Waals surface area contributed by atoms with Crippen molar-refractivity contribution in [3.8, 4) is 11.8 Å². The van der Waals surface area contributed by atoms with Crippen molar-refractivity contribution in [1.29, 1.82) is 5.26 Å². The van der Waals surface area contributed by atoms with Crippen molar-refractivity contribution in [2.24, 2.45) is 0 Å². The first-order valence-corrected chi connectivity index (χ1v) is 6.41. The minimum atomic E-state index is -1.05. The number of nitriles is 1. The van der Waals surface area contributed by atoms with Gasteiger partial charge in [-0.1, -0.05) is 11.8 Å². The standard InChI is InChI=1S/C14H10N2O3S/c1-19-10-5-4-9(8-15)12(7-10)20-13-11(14(17)18)3-2-6-16-13/h2-7H,1H3,(H,17,18). The van der Waals surface area contributed by atoms with Gasteiger partial charge in [0, 0.05) is 11.1 Å². The second-order valence-electron chi connectivity index (χ2n) is 3.74. The zero-order valence-corrected chi connectivity index (χ0v) is 11.3. The van der Waals surface area contributed by atoms with Gasteiger partial charge in [-0.05, 0) is 30.3 Å². The Hall–Kier alpha value is -2.52. The Morgan fingerprint density at radius 2 is 2.25 bits per heavy atom. The van der Waals surface area contributed by atoms with Gasteiger partial charge in [-0.15, -0.1) is 0 Å². The topological polar surface area (TPSA) is 83.2 Å². The quantitative estimate of drug-likeness (QED) is 0.930. The van der Waals surface area contributed by atoms with Crippen LogP contribution in [0.2, 0.25) is 0 Å². The number of hydrogen-bond donors (Lipinski definition) is 1. The van der Waals surface area contributed by atoms with Crippen LogP contribution in [0.4, 0.5) is 0 Å². The van der Waals surface area contributed by atoms with Crippen LogP contribution in [0.25, 0.3) is 0 Å². The minimum Gasteiger partial charge on any atom is -0.497 e. The highest BCUT2D eigenvalue weighted by atomic mass is 32.2. The predicted octanol–water partition coefficient (Wildman–Crippen LogP) is 2.81. The molecule has 0 aliphatic rings. The summed E-state index contributed by atoms with van der Waals surface area (Å²) in [5.74, 6) is -0.457. The van der Waals surface area contributed by atoms with E-state index in [0.29, 0.717) is 21.2 Å². The Bertz CT molecular complexity index is 695. The molecular formula is C14H10N2O3S. The number of carbonyl (C=O) groups is 1. The highest BCUT2D eigenvalue weighted by Crippen LogP contribution is 2.33. The van der Waals surface area contributed by atoms with Gasteiger partial charge in [0.1, 0.15) is 16.8 Å². The summed E-state index contributed by atoms with van der Waals surface area (Å²) in [5, 5.41) is 18.6. The maximum absolute atomic E-state index is 11.1. The highest BCUT2D eigenvalue weighted by molar-refractivity contribution is 7.99. The lowest BCUT2D eigenvalue weighted by Crippen LogP contribution is -2.00. The van der Waals surface area contributed by atoms with E-state index in [2.05, 4.69) is 11.1 Å². The molecule has 2 rings (SSSR count). The summed E-state index contributed by atoms with van der Waals surface area (Å²) in [6.07, 6.45) is 1.51. The van der Waals surface area contributed by atoms with Crippen molar-refractivity contribution in [3.63, 3.8) is 0 Å². The molecule has 20 heavy (non-hydrogen) atoms. The number of carboxylic acid groups (broad SMARTS) is 1. The van der Waals surface area contributed by atoms with Gasteiger partial charge in [0.25, 0.3) is 0 Å². The van der Waals surface area contributed by atoms with Crippen molar-refractivity contribution < 1.29 is 14.6 Å². The number of benzene rings is 1. The zero-order chi connectivity index (χ0) is 14.5. The number of ether oxygens (including phenoxy) is 1. The largest absolute Gasteiger partial charge is 0.497 e. The summed E-state index contributed by atoms with van der Waals surface area (Å²) in [6, 6.07) is 10.1. The summed E-state index contributed by atoms with van der Waals surface area (Å²) < 4.78 is 5.11. The fourth-order valence-corrected chi connectivity index (χ4v) is 2.53. The van der Waals surface area contributed by atoms with Crippen LogP contribution < -0.4 is 4.74 Å². The molecule has 1 aromatic heterocycles. The molecular weight excluding hydrogens is 276 g/mol. The van der Waals surface area contributed by atoms with E-state index in [4.69, 9.17) is 15.1 Å². The average molecular weight is 286 g/mol. The molecule has 0 bridgehead atoms. The van der Waals surface area contributed by atoms with Crippen molar-refractivity contribution in [1.82, 2.24) is 4.98 Å². The molecule has 0 radical (unpaired) electrons. The van der Waals surface area contributed by atoms with Crippen LogP contribution in [0.15, 0.2) is 46.5 Å². The first-order chi connectivity index (χ1) is 9.65. The van der Waals surface area contributed by atoms with E-state index in [0.717, 1.165) is 11.8 Å². The van der Waals surface area contributed by atoms with Crippen molar-refractivity contribution in [3.05, 3.63) is 47.7 Å². The third-order valence-corrected chi connectivity index (χ3v) is 3.59. The summed E-state index contributed by atoms with van der Waals surface area (Å²) in [5.41, 5.74) is 0.544. The Morgan fingerprint density at radius 3 is 2.90 bits per heavy atom. The van der Waals surface area contributed by atoms with Gasteiger partial charge in [0.05, 0.1) is 18.2 Å². The zero-order valence-electron chi connectivity index (χ0n) is 10.5. The number of rotatable bonds is 4. The molecule has 0 unspecified atom stereocenters. The van der Waals surface area contributed by atoms with Gasteiger partial charge in [-0.3, -0.25) is 0 Å². The van der Waals surface area contributed by atoms with Gasteiger partial charge >= 0.3 is 5.97 Å². The molecule has 1 heterocycles. The molecule has 0 saturated heterocycles. The van der Waals surface area contributed by atoms with Crippen LogP contribution in [0.3, 0.4) is 0 Å². The summed E-state index contributed by atoms with van der Waals surface area (Å²) in [6.45, 7) is 0. The average Bonchev–Trinajstić information content (AvgIpc) is 2.47. The highest BCUT2D eigenvalue weighted by Gasteiger charge is 2.14. The number of hydrogen-bond acceptors (Lipinski definition) is 5. The normalized spacial score (nSPS) is 9.80. The molecule has 0 aliphatic carbocycles. The minimum absolute atomic E-state index is 0.101. The molecule has 0 spiro atoms. The molecule has 0 saturated carbocycles. The molecule has 1 N–H and O–H groups in total. The lowest BCUT2D eigenvalue weighted by atomic mass is 10.2. The van der Waals surface area contributed by atoms with Crippen LogP contribution in [0.5, 0.6) is 5.75 Å². The third-order valence-electron chi connectivity index (χ3n) is 2.52. The molecule has 0 atom stereocenters. The second-order valence-corrected chi connectivity index (χ2v) is 4.77. The van der Waals surface area contributed by atoms with E-state index >= 15 is 0 Å². The van der Waals surface area contributed by atoms with Gasteiger partial charge in [-0.2, -0.15) is 5.26 Å². The molecule has 5 nitrogen and oxygen atoms in total. The molecule has 0 amide bonds. The molecule has 6 heteroatoms. The van der Waals surface area contributed by atoms with Crippen molar-refractivity contribution >= 4 is 17.7 Å². The Labute approximate surface area is 119 Å². The molecule has 100 valence electrons. The first-order valence-electron chi connectivity index (χ1n) is 5.60. The van der Waals surface area contributed by atoms with Crippen LogP contribution in [0.1, 0.15) is 15.9 Å². The number of carboxylic acids is 1. The Balaban J connectivity index is 2.44. The summed E-state index contributed by atoms with van der Waals surface area (Å²) in [4.78, 5) is 15.8. The SMILES string of the molecule is COc1ccc(C#N)c(Sc2ncccc2C(=O)O)c1. The van der Waals surface area contributed by atoms with Gasteiger partial charge in [-0.25, -0.2) is 9.78 Å². The van der Waals surface area contributed by atoms with Gasteiger partial charge < -0.3 is 9.84 Å². The van der Waals surface area contributed by atoms with Crippen LogP contribution in [-0.2, 0) is 0 Å². The predicted molar refractivity (Wildman–Crippen MR) is 73.0 cm³/mol. The third kappa shape index (κ3) is 2.90. The molecule has 1 aromatic carbocycles. The van der Waals surface area contributed by atoms with Crippen LogP contribution in [0, 0.1) is 11.3 Å². The lowest BCUT2D eigenvalue weighted by Gasteiger charge is -2.07. The monoisotopic (exact) mass is 286 g/mol. The fourth-order valence-electron chi connectivity index (χ4n) is 1.55. The van der Waals surface area contributed by atoms with Crippen molar-refractivity contribution in [2.75, 3.05) is 7.11 Å². The number of nitrogens with zero attached hydrogens (tertiary/aromatic N) is 2. The molecule has 0 fully saturated rings. The molecule has 2 aromatic rings. The van der Waals surface area contributed by atoms with Crippen LogP contribution in [-0.4, -0.2) is 23.2 Å². The van der Waals surface area contributed by atoms with Crippen molar-refractivity contribution in [2.45, 2.75) is 9.92 Å². The van der Waals surface area contributed by atoms with E-state index in [1.54, 1.807) is 24.3 Å². The first kappa shape index (κ1) is 13.9. The molecule has 0 aliphatic heterocycles. The maximum atomic E-state index is 11.1. The fraction of sp³-hybridized carbons (Fsp3) is 0.0714. The Morgan fingerprint density at radius 1 is 1.45 bits per heavy atom. The number of methoxy groups -OCH3 is 1. The number of pyridine rings is 1. The number of aromatic nitrogens is 1. The van der Waals surface area contributed by atoms with E-state index in [1.807, 2.05) is 0 Å². The summed E-state index contributed by atoms with van der Waals surface area (Å²) in [7, 11) is 1.53. The number of aromatic carboxylic acids is 1. The second kappa shape index (κ2) is 6.08. The Kier molecular flexibility index (Phi) is 4.23. The summed E-state index contributed by atoms with van der Waals surface area (Å²) >= 11 is 1.13. The maximum Gasteiger partial charge on any atom is 0.338 e. The van der Waals surface area contributed by atoms with Gasteiger partial charge in [0.2, 0.25) is 0 Å².